The molecule has 3 rings (SSSR count). The zero-order valence-electron chi connectivity index (χ0n) is 20.2. The molecule has 1 unspecified atom stereocenters. The summed E-state index contributed by atoms with van der Waals surface area (Å²) in [4.78, 5) is 28.6. The highest BCUT2D eigenvalue weighted by atomic mass is 16.6. The molecule has 0 fully saturated rings. The van der Waals surface area contributed by atoms with Gasteiger partial charge in [0, 0.05) is 24.0 Å². The maximum absolute atomic E-state index is 12.5. The van der Waals surface area contributed by atoms with E-state index in [0.29, 0.717) is 34.9 Å². The third kappa shape index (κ3) is 7.77. The number of nitrogens with one attached hydrogen (secondary N) is 3. The average molecular weight is 492 g/mol. The van der Waals surface area contributed by atoms with Gasteiger partial charge in [-0.05, 0) is 36.2 Å². The van der Waals surface area contributed by atoms with Crippen LogP contribution in [0.5, 0.6) is 5.75 Å². The monoisotopic (exact) mass is 491 g/mol. The third-order valence-corrected chi connectivity index (χ3v) is 5.25. The van der Waals surface area contributed by atoms with Gasteiger partial charge in [-0.2, -0.15) is 5.26 Å². The molecule has 3 aromatic rings. The van der Waals surface area contributed by atoms with Crippen molar-refractivity contribution in [3.05, 3.63) is 60.6 Å². The molecule has 0 aliphatic carbocycles. The van der Waals surface area contributed by atoms with Gasteiger partial charge < -0.3 is 29.8 Å². The van der Waals surface area contributed by atoms with Gasteiger partial charge >= 0.3 is 12.1 Å². The lowest BCUT2D eigenvalue weighted by Gasteiger charge is -2.15. The maximum atomic E-state index is 12.5. The normalized spacial score (nSPS) is 11.1. The second-order valence-electron chi connectivity index (χ2n) is 7.95. The lowest BCUT2D eigenvalue weighted by Crippen LogP contribution is -2.28. The van der Waals surface area contributed by atoms with Gasteiger partial charge in [0.25, 0.3) is 0 Å². The second-order valence-corrected chi connectivity index (χ2v) is 7.95. The van der Waals surface area contributed by atoms with E-state index < -0.39 is 18.2 Å². The van der Waals surface area contributed by atoms with Crippen LogP contribution in [0.15, 0.2) is 59.5 Å². The van der Waals surface area contributed by atoms with Gasteiger partial charge in [0.2, 0.25) is 0 Å². The number of carbonyl (C=O) groups is 2. The molecule has 0 bridgehead atoms. The summed E-state index contributed by atoms with van der Waals surface area (Å²) in [5.74, 6) is 1.08. The lowest BCUT2D eigenvalue weighted by atomic mass is 10.1. The number of aromatic nitrogens is 1. The number of nitrogens with zero attached hydrogens (tertiary/aromatic N) is 2. The Morgan fingerprint density at radius 1 is 1.17 bits per heavy atom. The Morgan fingerprint density at radius 3 is 2.67 bits per heavy atom. The number of rotatable bonds is 11. The Hall–Kier alpha value is -4.52. The van der Waals surface area contributed by atoms with Gasteiger partial charge in [-0.3, -0.25) is 0 Å². The average Bonchev–Trinajstić information content (AvgIpc) is 3.41. The maximum Gasteiger partial charge on any atom is 0.407 e. The molecular weight excluding hydrogens is 462 g/mol. The summed E-state index contributed by atoms with van der Waals surface area (Å²) < 4.78 is 16.1. The van der Waals surface area contributed by atoms with E-state index in [2.05, 4.69) is 20.9 Å². The van der Waals surface area contributed by atoms with Crippen LogP contribution in [0.25, 0.3) is 11.3 Å². The van der Waals surface area contributed by atoms with Gasteiger partial charge in [0.05, 0.1) is 31.4 Å². The zero-order valence-corrected chi connectivity index (χ0v) is 20.2. The minimum atomic E-state index is -0.579. The van der Waals surface area contributed by atoms with E-state index in [4.69, 9.17) is 19.2 Å². The van der Waals surface area contributed by atoms with Crippen molar-refractivity contribution < 1.29 is 23.5 Å². The van der Waals surface area contributed by atoms with E-state index in [-0.39, 0.29) is 13.0 Å². The van der Waals surface area contributed by atoms with Crippen molar-refractivity contribution >= 4 is 23.5 Å². The highest BCUT2D eigenvalue weighted by molar-refractivity contribution is 6.00. The van der Waals surface area contributed by atoms with Gasteiger partial charge in [0.1, 0.15) is 11.9 Å². The number of hydrogen-bond acceptors (Lipinski definition) is 7. The summed E-state index contributed by atoms with van der Waals surface area (Å²) in [6.45, 7) is 2.25. The molecule has 0 spiro atoms. The Bertz CT molecular complexity index is 1190. The number of ether oxygens (including phenoxy) is 2. The molecule has 36 heavy (non-hydrogen) atoms. The van der Waals surface area contributed by atoms with Gasteiger partial charge in [0.15, 0.2) is 12.2 Å². The number of amides is 3. The number of alkyl carbamates (subject to hydrolysis) is 1. The molecule has 10 heteroatoms. The van der Waals surface area contributed by atoms with Crippen LogP contribution in [0.3, 0.4) is 0 Å². The summed E-state index contributed by atoms with van der Waals surface area (Å²) >= 11 is 0. The molecule has 0 radical (unpaired) electrons. The summed E-state index contributed by atoms with van der Waals surface area (Å²) in [7, 11) is 1.53. The van der Waals surface area contributed by atoms with Gasteiger partial charge in [-0.25, -0.2) is 14.6 Å². The van der Waals surface area contributed by atoms with E-state index in [0.717, 1.165) is 18.4 Å². The number of unbranched alkanes of at least 4 members (excludes halogenated alkanes) is 1. The number of hydrogen-bond donors (Lipinski definition) is 3. The Balaban J connectivity index is 1.54. The van der Waals surface area contributed by atoms with Gasteiger partial charge in [-0.15, -0.1) is 0 Å². The molecule has 0 saturated carbocycles. The second kappa shape index (κ2) is 13.4. The van der Waals surface area contributed by atoms with Gasteiger partial charge in [-0.1, -0.05) is 31.9 Å². The van der Waals surface area contributed by atoms with Crippen molar-refractivity contribution in [3.8, 4) is 23.1 Å². The summed E-state index contributed by atoms with van der Waals surface area (Å²) in [5, 5.41) is 17.1. The quantitative estimate of drug-likeness (QED) is 0.313. The number of carbonyl (C=O) groups excluding carboxylic acids is 2. The molecule has 0 aliphatic rings. The fourth-order valence-electron chi connectivity index (χ4n) is 3.48. The molecule has 2 aromatic carbocycles. The van der Waals surface area contributed by atoms with E-state index in [1.165, 1.54) is 13.5 Å². The summed E-state index contributed by atoms with van der Waals surface area (Å²) in [5.41, 5.74) is 2.57. The highest BCUT2D eigenvalue weighted by Crippen LogP contribution is 2.32. The van der Waals surface area contributed by atoms with Crippen molar-refractivity contribution in [1.82, 2.24) is 10.3 Å². The number of urea groups is 1. The van der Waals surface area contributed by atoms with Crippen LogP contribution in [0.4, 0.5) is 21.0 Å². The predicted octanol–water partition coefficient (Wildman–Crippen LogP) is 5.69. The molecular formula is C26H29N5O5. The minimum Gasteiger partial charge on any atom is -0.496 e. The number of oxazole rings is 1. The molecule has 1 aromatic heterocycles. The lowest BCUT2D eigenvalue weighted by molar-refractivity contribution is 0.0931. The van der Waals surface area contributed by atoms with Crippen molar-refractivity contribution in [2.45, 2.75) is 45.3 Å². The fourth-order valence-corrected chi connectivity index (χ4v) is 3.48. The van der Waals surface area contributed by atoms with Crippen LogP contribution in [0.1, 0.15) is 38.2 Å². The van der Waals surface area contributed by atoms with Crippen LogP contribution in [0, 0.1) is 11.3 Å². The van der Waals surface area contributed by atoms with E-state index >= 15 is 0 Å². The first-order valence-corrected chi connectivity index (χ1v) is 11.6. The van der Waals surface area contributed by atoms with Crippen LogP contribution in [-0.4, -0.2) is 30.3 Å². The van der Waals surface area contributed by atoms with E-state index in [1.54, 1.807) is 42.6 Å². The molecule has 1 heterocycles. The SMILES string of the molecule is CCCCC(CC#N)OC(=O)NCc1cccc(NC(=O)Nc2ccc(-c3cnco3)c(OC)c2)c1. The largest absolute Gasteiger partial charge is 0.496 e. The summed E-state index contributed by atoms with van der Waals surface area (Å²) in [6.07, 6.45) is 4.57. The number of benzene rings is 2. The van der Waals surface area contributed by atoms with Crippen LogP contribution in [-0.2, 0) is 11.3 Å². The Labute approximate surface area is 209 Å². The summed E-state index contributed by atoms with van der Waals surface area (Å²) in [6, 6.07) is 13.9. The molecule has 0 saturated heterocycles. The first kappa shape index (κ1) is 26.1. The Kier molecular flexibility index (Phi) is 9.70. The van der Waals surface area contributed by atoms with Crippen LogP contribution >= 0.6 is 0 Å². The molecule has 188 valence electrons. The molecule has 3 N–H and O–H groups in total. The Morgan fingerprint density at radius 2 is 1.97 bits per heavy atom. The molecule has 0 aliphatic heterocycles. The molecule has 3 amide bonds. The van der Waals surface area contributed by atoms with Crippen molar-refractivity contribution in [2.75, 3.05) is 17.7 Å². The van der Waals surface area contributed by atoms with Crippen molar-refractivity contribution in [3.63, 3.8) is 0 Å². The molecule has 1 atom stereocenters. The topological polar surface area (TPSA) is 139 Å². The van der Waals surface area contributed by atoms with Crippen molar-refractivity contribution in [1.29, 1.82) is 5.26 Å². The van der Waals surface area contributed by atoms with E-state index in [1.807, 2.05) is 19.1 Å². The predicted molar refractivity (Wildman–Crippen MR) is 134 cm³/mol. The zero-order chi connectivity index (χ0) is 25.8. The molecule has 10 nitrogen and oxygen atoms in total. The fraction of sp³-hybridized carbons (Fsp3) is 0.308. The van der Waals surface area contributed by atoms with Crippen LogP contribution < -0.4 is 20.7 Å². The number of nitriles is 1. The standard InChI is InChI=1S/C26H29N5O5/c1-3-4-8-21(11-12-27)36-26(33)29-15-18-6-5-7-19(13-18)30-25(32)31-20-9-10-22(23(14-20)34-2)24-16-28-17-35-24/h5-7,9-10,13-14,16-17,21H,3-4,8,11,15H2,1-2H3,(H,29,33)(H2,30,31,32). The minimum absolute atomic E-state index is 0.163. The first-order chi connectivity index (χ1) is 17.5. The first-order valence-electron chi connectivity index (χ1n) is 11.6. The third-order valence-electron chi connectivity index (χ3n) is 5.25. The van der Waals surface area contributed by atoms with Crippen LogP contribution in [0.2, 0.25) is 0 Å². The van der Waals surface area contributed by atoms with Crippen molar-refractivity contribution in [2.24, 2.45) is 0 Å². The smallest absolute Gasteiger partial charge is 0.407 e. The number of anilines is 2. The number of methoxy groups -OCH3 is 1. The highest BCUT2D eigenvalue weighted by Gasteiger charge is 2.14. The van der Waals surface area contributed by atoms with E-state index in [9.17, 15) is 9.59 Å².